The second kappa shape index (κ2) is 14.1. The van der Waals surface area contributed by atoms with E-state index in [0.29, 0.717) is 0 Å². The summed E-state index contributed by atoms with van der Waals surface area (Å²) < 4.78 is 0. The van der Waals surface area contributed by atoms with Gasteiger partial charge in [0.05, 0.1) is 8.07 Å². The minimum absolute atomic E-state index is 0. The number of fused-ring (bicyclic) bond motifs is 2. The minimum Gasteiger partial charge on any atom is -0.358 e. The van der Waals surface area contributed by atoms with Crippen LogP contribution in [0, 0.1) is 14.9 Å². The summed E-state index contributed by atoms with van der Waals surface area (Å²) in [4.78, 5) is 0. The van der Waals surface area contributed by atoms with Gasteiger partial charge in [-0.05, 0) is 35.1 Å². The van der Waals surface area contributed by atoms with E-state index in [2.05, 4.69) is 137 Å². The predicted molar refractivity (Wildman–Crippen MR) is 188 cm³/mol. The first-order valence-corrected chi connectivity index (χ1v) is 17.1. The maximum absolute atomic E-state index is 2.56. The molecule has 0 nitrogen and oxygen atoms in total. The van der Waals surface area contributed by atoms with Gasteiger partial charge in [-0.1, -0.05) is 112 Å². The Balaban J connectivity index is 0.00000161. The summed E-state index contributed by atoms with van der Waals surface area (Å²) in [6, 6.07) is 44.1. The van der Waals surface area contributed by atoms with Crippen molar-refractivity contribution in [3.05, 3.63) is 135 Å². The topological polar surface area (TPSA) is 0 Å². The zero-order valence-corrected chi connectivity index (χ0v) is 30.8. The van der Waals surface area contributed by atoms with Crippen molar-refractivity contribution in [1.82, 2.24) is 0 Å². The minimum atomic E-state index is -1.95. The zero-order valence-electron chi connectivity index (χ0n) is 26.2. The van der Waals surface area contributed by atoms with Gasteiger partial charge >= 0.3 is 25.8 Å². The summed E-state index contributed by atoms with van der Waals surface area (Å²) in [7, 11) is -1.95. The smallest absolute Gasteiger partial charge is 0.358 e. The first kappa shape index (κ1) is 33.7. The number of aryl methyl sites for hydroxylation is 2. The first-order chi connectivity index (χ1) is 19.1. The van der Waals surface area contributed by atoms with Crippen molar-refractivity contribution in [2.75, 3.05) is 0 Å². The summed E-state index contributed by atoms with van der Waals surface area (Å²) in [5, 5.41) is 8.72. The van der Waals surface area contributed by atoms with Crippen LogP contribution < -0.4 is 10.4 Å². The number of hydrogen-bond acceptors (Lipinski definition) is 0. The van der Waals surface area contributed by atoms with E-state index >= 15 is 0 Å². The fourth-order valence-electron chi connectivity index (χ4n) is 6.91. The van der Waals surface area contributed by atoms with Gasteiger partial charge in [0.1, 0.15) is 0 Å². The standard InChI is InChI=1S/C38H38Si.2CH3.Hf/c1-5-27-15-9-11-19-33(27)35-21-13-17-29-23-31(25-37(29)35)39(7-3,8-4)32-24-30-18-14-22-36(38(30)26-32)34-20-12-10-16-28(34)6-2;;;/h9-26H,5-8H2,1-4H3;2*1H3;/q-2;2*-1;+4. The molecule has 0 aliphatic rings. The Labute approximate surface area is 274 Å². The van der Waals surface area contributed by atoms with E-state index in [4.69, 9.17) is 0 Å². The van der Waals surface area contributed by atoms with Gasteiger partial charge in [0.2, 0.25) is 0 Å². The molecule has 212 valence electrons. The summed E-state index contributed by atoms with van der Waals surface area (Å²) in [5.41, 5.74) is 8.34. The molecule has 42 heavy (non-hydrogen) atoms. The van der Waals surface area contributed by atoms with Gasteiger partial charge in [-0.3, -0.25) is 0 Å². The molecule has 0 N–H and O–H groups in total. The second-order valence-corrected chi connectivity index (χ2v) is 15.6. The van der Waals surface area contributed by atoms with Crippen molar-refractivity contribution in [2.45, 2.75) is 52.6 Å². The van der Waals surface area contributed by atoms with Crippen molar-refractivity contribution in [3.8, 4) is 22.3 Å². The summed E-state index contributed by atoms with van der Waals surface area (Å²) in [6.07, 6.45) is 2.10. The van der Waals surface area contributed by atoms with Crippen LogP contribution in [0.5, 0.6) is 0 Å². The molecule has 0 saturated carbocycles. The normalized spacial score (nSPS) is 11.1. The fourth-order valence-corrected chi connectivity index (χ4v) is 11.1. The van der Waals surface area contributed by atoms with Crippen LogP contribution in [0.2, 0.25) is 12.1 Å². The Morgan fingerprint density at radius 3 is 1.26 bits per heavy atom. The Morgan fingerprint density at radius 2 is 0.881 bits per heavy atom. The van der Waals surface area contributed by atoms with Crippen LogP contribution in [-0.4, -0.2) is 8.07 Å². The van der Waals surface area contributed by atoms with E-state index in [-0.39, 0.29) is 40.7 Å². The molecule has 0 aromatic heterocycles. The molecule has 0 aliphatic carbocycles. The van der Waals surface area contributed by atoms with Gasteiger partial charge in [0.25, 0.3) is 0 Å². The van der Waals surface area contributed by atoms with Crippen LogP contribution in [0.25, 0.3) is 43.8 Å². The Morgan fingerprint density at radius 1 is 0.500 bits per heavy atom. The van der Waals surface area contributed by atoms with E-state index in [0.717, 1.165) is 12.8 Å². The summed E-state index contributed by atoms with van der Waals surface area (Å²) in [5.74, 6) is 0. The average molecular weight is 731 g/mol. The van der Waals surface area contributed by atoms with Crippen LogP contribution in [0.15, 0.2) is 109 Å². The van der Waals surface area contributed by atoms with Gasteiger partial charge in [-0.25, -0.2) is 0 Å². The van der Waals surface area contributed by atoms with E-state index in [1.165, 1.54) is 67.0 Å². The molecule has 0 saturated heterocycles. The first-order valence-electron chi connectivity index (χ1n) is 14.7. The molecule has 2 heteroatoms. The van der Waals surface area contributed by atoms with Crippen LogP contribution in [0.3, 0.4) is 0 Å². The van der Waals surface area contributed by atoms with Crippen LogP contribution in [0.1, 0.15) is 38.8 Å². The molecule has 0 amide bonds. The summed E-state index contributed by atoms with van der Waals surface area (Å²) in [6.45, 7) is 9.36. The average Bonchev–Trinajstić information content (AvgIpc) is 3.63. The maximum atomic E-state index is 2.56. The zero-order chi connectivity index (χ0) is 27.0. The SMILES string of the molecule is CCc1ccccc1-c1cccc2[cH-]c([Si](CC)(CC)c3cc4c(-c5ccccc5CC)cccc4[cH-]3)cc12.[CH3-].[CH3-].[Hf+4]. The predicted octanol–water partition coefficient (Wildman–Crippen LogP) is 10.4. The molecule has 0 heterocycles. The molecule has 0 unspecified atom stereocenters. The molecule has 6 aromatic rings. The number of rotatable bonds is 8. The van der Waals surface area contributed by atoms with Gasteiger partial charge in [0.15, 0.2) is 0 Å². The summed E-state index contributed by atoms with van der Waals surface area (Å²) >= 11 is 0. The largest absolute Gasteiger partial charge is 4.00 e. The molecule has 0 atom stereocenters. The van der Waals surface area contributed by atoms with E-state index in [1.54, 1.807) is 10.4 Å². The third-order valence-electron chi connectivity index (χ3n) is 9.19. The van der Waals surface area contributed by atoms with Gasteiger partial charge in [-0.15, -0.1) is 68.3 Å². The van der Waals surface area contributed by atoms with Crippen molar-refractivity contribution in [1.29, 1.82) is 0 Å². The third-order valence-corrected chi connectivity index (χ3v) is 14.4. The Bertz CT molecular complexity index is 1630. The van der Waals surface area contributed by atoms with Crippen LogP contribution in [-0.2, 0) is 38.7 Å². The molecular formula is C40H44HfSi. The Hall–Kier alpha value is -2.81. The van der Waals surface area contributed by atoms with E-state index in [9.17, 15) is 0 Å². The molecule has 0 aliphatic heterocycles. The molecule has 0 spiro atoms. The van der Waals surface area contributed by atoms with E-state index in [1.807, 2.05) is 0 Å². The van der Waals surface area contributed by atoms with Crippen LogP contribution in [0.4, 0.5) is 0 Å². The fraction of sp³-hybridized carbons (Fsp3) is 0.200. The van der Waals surface area contributed by atoms with Crippen molar-refractivity contribution in [3.63, 3.8) is 0 Å². The number of benzene rings is 4. The van der Waals surface area contributed by atoms with Gasteiger partial charge in [-0.2, -0.15) is 12.1 Å². The molecule has 6 aromatic carbocycles. The Kier molecular flexibility index (Phi) is 11.3. The molecule has 6 rings (SSSR count). The van der Waals surface area contributed by atoms with Crippen molar-refractivity contribution < 1.29 is 25.8 Å². The van der Waals surface area contributed by atoms with Crippen molar-refractivity contribution in [2.24, 2.45) is 0 Å². The monoisotopic (exact) mass is 732 g/mol. The number of hydrogen-bond donors (Lipinski definition) is 0. The second-order valence-electron chi connectivity index (χ2n) is 10.9. The quantitative estimate of drug-likeness (QED) is 0.108. The molecular weight excluding hydrogens is 687 g/mol. The van der Waals surface area contributed by atoms with Gasteiger partial charge in [0, 0.05) is 0 Å². The molecule has 0 bridgehead atoms. The van der Waals surface area contributed by atoms with Crippen molar-refractivity contribution >= 4 is 40.0 Å². The maximum Gasteiger partial charge on any atom is 4.00 e. The van der Waals surface area contributed by atoms with Gasteiger partial charge < -0.3 is 14.9 Å². The molecule has 0 radical (unpaired) electrons. The third kappa shape index (κ3) is 5.61. The molecule has 0 fully saturated rings. The van der Waals surface area contributed by atoms with E-state index < -0.39 is 8.07 Å². The van der Waals surface area contributed by atoms with Crippen LogP contribution >= 0.6 is 0 Å².